The van der Waals surface area contributed by atoms with Gasteiger partial charge < -0.3 is 10.4 Å². The van der Waals surface area contributed by atoms with Crippen LogP contribution in [-0.4, -0.2) is 17.0 Å². The molecule has 20 heavy (non-hydrogen) atoms. The van der Waals surface area contributed by atoms with Gasteiger partial charge in [0.2, 0.25) is 5.91 Å². The molecule has 0 aliphatic heterocycles. The van der Waals surface area contributed by atoms with E-state index in [4.69, 9.17) is 0 Å². The lowest BCUT2D eigenvalue weighted by Crippen LogP contribution is -2.36. The number of carbonyl (C=O) groups is 2. The topological polar surface area (TPSA) is 66.4 Å². The summed E-state index contributed by atoms with van der Waals surface area (Å²) in [6.07, 6.45) is 3.04. The molecule has 1 aromatic carbocycles. The van der Waals surface area contributed by atoms with Crippen molar-refractivity contribution >= 4 is 33.5 Å². The molecule has 0 bridgehead atoms. The molecule has 1 aromatic rings. The monoisotopic (exact) mass is 339 g/mol. The summed E-state index contributed by atoms with van der Waals surface area (Å²) in [6.45, 7) is 1.91. The van der Waals surface area contributed by atoms with Gasteiger partial charge in [-0.3, -0.25) is 9.59 Å². The Balaban J connectivity index is 2.14. The zero-order chi connectivity index (χ0) is 14.7. The summed E-state index contributed by atoms with van der Waals surface area (Å²) in [5, 5.41) is 12.1. The van der Waals surface area contributed by atoms with Gasteiger partial charge in [0.15, 0.2) is 0 Å². The fourth-order valence-corrected chi connectivity index (χ4v) is 3.06. The first-order chi connectivity index (χ1) is 9.49. The third kappa shape index (κ3) is 3.39. The van der Waals surface area contributed by atoms with E-state index < -0.39 is 17.8 Å². The minimum atomic E-state index is -0.865. The molecule has 2 atom stereocenters. The van der Waals surface area contributed by atoms with E-state index in [9.17, 15) is 14.7 Å². The number of anilines is 1. The van der Waals surface area contributed by atoms with Crippen molar-refractivity contribution in [1.29, 1.82) is 0 Å². The second-order valence-corrected chi connectivity index (χ2v) is 6.20. The van der Waals surface area contributed by atoms with Gasteiger partial charge in [0, 0.05) is 10.2 Å². The summed E-state index contributed by atoms with van der Waals surface area (Å²) < 4.78 is 0.886. The lowest BCUT2D eigenvalue weighted by molar-refractivity contribution is -0.147. The van der Waals surface area contributed by atoms with Crippen LogP contribution in [0.25, 0.3) is 0 Å². The average molecular weight is 340 g/mol. The van der Waals surface area contributed by atoms with E-state index in [1.165, 1.54) is 0 Å². The van der Waals surface area contributed by atoms with E-state index in [1.54, 1.807) is 0 Å². The maximum absolute atomic E-state index is 12.4. The van der Waals surface area contributed by atoms with Crippen LogP contribution in [0, 0.1) is 18.8 Å². The van der Waals surface area contributed by atoms with Crippen LogP contribution in [0.1, 0.15) is 31.2 Å². The Labute approximate surface area is 126 Å². The number of hydrogen-bond donors (Lipinski definition) is 2. The van der Waals surface area contributed by atoms with Gasteiger partial charge in [0.25, 0.3) is 0 Å². The van der Waals surface area contributed by atoms with Gasteiger partial charge >= 0.3 is 5.97 Å². The van der Waals surface area contributed by atoms with Crippen LogP contribution in [0.2, 0.25) is 0 Å². The lowest BCUT2D eigenvalue weighted by atomic mass is 9.78. The predicted octanol–water partition coefficient (Wildman–Crippen LogP) is 3.59. The summed E-state index contributed by atoms with van der Waals surface area (Å²) in [4.78, 5) is 23.6. The summed E-state index contributed by atoms with van der Waals surface area (Å²) in [7, 11) is 0. The first kappa shape index (κ1) is 15.0. The fourth-order valence-electron chi connectivity index (χ4n) is 2.69. The van der Waals surface area contributed by atoms with E-state index in [-0.39, 0.29) is 5.91 Å². The highest BCUT2D eigenvalue weighted by atomic mass is 79.9. The maximum atomic E-state index is 12.4. The van der Waals surface area contributed by atoms with E-state index >= 15 is 0 Å². The Bertz CT molecular complexity index is 530. The molecule has 0 unspecified atom stereocenters. The smallest absolute Gasteiger partial charge is 0.307 e. The number of hydrogen-bond acceptors (Lipinski definition) is 2. The van der Waals surface area contributed by atoms with Gasteiger partial charge in [0.1, 0.15) is 0 Å². The zero-order valence-corrected chi connectivity index (χ0v) is 12.9. The van der Waals surface area contributed by atoms with Crippen LogP contribution in [0.3, 0.4) is 0 Å². The minimum Gasteiger partial charge on any atom is -0.481 e. The van der Waals surface area contributed by atoms with E-state index in [2.05, 4.69) is 21.2 Å². The van der Waals surface area contributed by atoms with E-state index in [0.29, 0.717) is 12.8 Å². The van der Waals surface area contributed by atoms with Gasteiger partial charge in [-0.05, 0) is 37.5 Å². The molecule has 1 fully saturated rings. The number of nitrogens with one attached hydrogen (secondary N) is 1. The van der Waals surface area contributed by atoms with Crippen LogP contribution in [0.4, 0.5) is 5.69 Å². The van der Waals surface area contributed by atoms with Crippen molar-refractivity contribution in [2.75, 3.05) is 5.32 Å². The summed E-state index contributed by atoms with van der Waals surface area (Å²) in [5.74, 6) is -2.04. The number of rotatable bonds is 3. The number of halogens is 1. The molecule has 2 N–H and O–H groups in total. The molecular weight excluding hydrogens is 322 g/mol. The second-order valence-electron chi connectivity index (χ2n) is 5.28. The highest BCUT2D eigenvalue weighted by molar-refractivity contribution is 9.10. The van der Waals surface area contributed by atoms with Gasteiger partial charge in [0.05, 0.1) is 11.8 Å². The number of carboxylic acid groups (broad SMARTS) is 1. The van der Waals surface area contributed by atoms with Gasteiger partial charge in [-0.25, -0.2) is 0 Å². The summed E-state index contributed by atoms with van der Waals surface area (Å²) >= 11 is 3.37. The molecule has 1 saturated carbocycles. The highest BCUT2D eigenvalue weighted by Crippen LogP contribution is 2.32. The zero-order valence-electron chi connectivity index (χ0n) is 11.4. The van der Waals surface area contributed by atoms with Crippen molar-refractivity contribution in [3.8, 4) is 0 Å². The van der Waals surface area contributed by atoms with Crippen LogP contribution in [-0.2, 0) is 9.59 Å². The number of amides is 1. The molecule has 4 nitrogen and oxygen atoms in total. The van der Waals surface area contributed by atoms with Crippen molar-refractivity contribution in [2.24, 2.45) is 11.8 Å². The molecule has 1 aliphatic carbocycles. The average Bonchev–Trinajstić information content (AvgIpc) is 2.42. The molecule has 0 aromatic heterocycles. The number of carboxylic acids is 1. The summed E-state index contributed by atoms with van der Waals surface area (Å²) in [5.41, 5.74) is 1.70. The minimum absolute atomic E-state index is 0.182. The van der Waals surface area contributed by atoms with Crippen LogP contribution in [0.5, 0.6) is 0 Å². The van der Waals surface area contributed by atoms with Crippen molar-refractivity contribution in [3.63, 3.8) is 0 Å². The lowest BCUT2D eigenvalue weighted by Gasteiger charge is -2.27. The number of carbonyl (C=O) groups excluding carboxylic acids is 1. The van der Waals surface area contributed by atoms with E-state index in [0.717, 1.165) is 28.6 Å². The molecule has 2 rings (SSSR count). The third-order valence-corrected chi connectivity index (χ3v) is 4.37. The fraction of sp³-hybridized carbons (Fsp3) is 0.467. The molecule has 5 heteroatoms. The normalized spacial score (nSPS) is 22.3. The molecule has 0 spiro atoms. The summed E-state index contributed by atoms with van der Waals surface area (Å²) in [6, 6.07) is 5.66. The first-order valence-electron chi connectivity index (χ1n) is 6.79. The molecule has 0 saturated heterocycles. The Morgan fingerprint density at radius 2 is 1.90 bits per heavy atom. The highest BCUT2D eigenvalue weighted by Gasteiger charge is 2.35. The quantitative estimate of drug-likeness (QED) is 0.884. The molecule has 1 amide bonds. The van der Waals surface area contributed by atoms with Crippen LogP contribution >= 0.6 is 15.9 Å². The largest absolute Gasteiger partial charge is 0.481 e. The molecule has 1 aliphatic rings. The van der Waals surface area contributed by atoms with Gasteiger partial charge in [-0.2, -0.15) is 0 Å². The standard InChI is InChI=1S/C15H18BrNO3/c1-9-6-7-10(16)8-13(9)17-14(18)11-4-2-3-5-12(11)15(19)20/h6-8,11-12H,2-5H2,1H3,(H,17,18)(H,19,20)/t11-,12+/m1/s1. The Kier molecular flexibility index (Phi) is 4.81. The van der Waals surface area contributed by atoms with Gasteiger partial charge in [-0.15, -0.1) is 0 Å². The molecule has 0 radical (unpaired) electrons. The Hall–Kier alpha value is -1.36. The Morgan fingerprint density at radius 3 is 2.55 bits per heavy atom. The van der Waals surface area contributed by atoms with Crippen molar-refractivity contribution in [2.45, 2.75) is 32.6 Å². The van der Waals surface area contributed by atoms with Crippen LogP contribution < -0.4 is 5.32 Å². The maximum Gasteiger partial charge on any atom is 0.307 e. The molecule has 0 heterocycles. The second kappa shape index (κ2) is 6.39. The van der Waals surface area contributed by atoms with Crippen LogP contribution in [0.15, 0.2) is 22.7 Å². The number of aliphatic carboxylic acids is 1. The van der Waals surface area contributed by atoms with E-state index in [1.807, 2.05) is 25.1 Å². The van der Waals surface area contributed by atoms with Crippen molar-refractivity contribution < 1.29 is 14.7 Å². The predicted molar refractivity (Wildman–Crippen MR) is 80.6 cm³/mol. The third-order valence-electron chi connectivity index (χ3n) is 3.88. The molecule has 108 valence electrons. The number of benzene rings is 1. The first-order valence-corrected chi connectivity index (χ1v) is 7.58. The molecular formula is C15H18BrNO3. The Morgan fingerprint density at radius 1 is 1.25 bits per heavy atom. The van der Waals surface area contributed by atoms with Gasteiger partial charge in [-0.1, -0.05) is 34.8 Å². The van der Waals surface area contributed by atoms with Crippen molar-refractivity contribution in [3.05, 3.63) is 28.2 Å². The number of aryl methyl sites for hydroxylation is 1. The van der Waals surface area contributed by atoms with Crippen molar-refractivity contribution in [1.82, 2.24) is 0 Å². The SMILES string of the molecule is Cc1ccc(Br)cc1NC(=O)[C@@H]1CCCC[C@@H]1C(=O)O.